The summed E-state index contributed by atoms with van der Waals surface area (Å²) in [6, 6.07) is 10.6. The van der Waals surface area contributed by atoms with Crippen molar-refractivity contribution in [1.82, 2.24) is 14.7 Å². The number of nitrogens with zero attached hydrogens (tertiary/aromatic N) is 3. The smallest absolute Gasteiger partial charge is 0.227 e. The fourth-order valence-electron chi connectivity index (χ4n) is 3.36. The van der Waals surface area contributed by atoms with E-state index in [0.717, 1.165) is 52.2 Å². The topological polar surface area (TPSA) is 26.8 Å². The Hall–Kier alpha value is -1.39. The van der Waals surface area contributed by atoms with Crippen LogP contribution in [-0.4, -0.2) is 66.9 Å². The Bertz CT molecular complexity index is 468. The van der Waals surface area contributed by atoms with Gasteiger partial charge in [-0.05, 0) is 25.6 Å². The zero-order valence-corrected chi connectivity index (χ0v) is 12.9. The molecule has 4 nitrogen and oxygen atoms in total. The first-order valence-corrected chi connectivity index (χ1v) is 7.96. The Labute approximate surface area is 127 Å². The van der Waals surface area contributed by atoms with Gasteiger partial charge >= 0.3 is 0 Å². The van der Waals surface area contributed by atoms with Gasteiger partial charge in [0.1, 0.15) is 0 Å². The van der Waals surface area contributed by atoms with Crippen LogP contribution in [0, 0.1) is 5.92 Å². The monoisotopic (exact) mass is 287 g/mol. The number of rotatable bonds is 3. The Morgan fingerprint density at radius 3 is 2.43 bits per heavy atom. The zero-order valence-electron chi connectivity index (χ0n) is 12.9. The summed E-state index contributed by atoms with van der Waals surface area (Å²) in [5.74, 6) is 0.606. The summed E-state index contributed by atoms with van der Waals surface area (Å²) in [4.78, 5) is 19.3. The molecule has 1 aromatic rings. The fraction of sp³-hybridized carbons (Fsp3) is 0.588. The van der Waals surface area contributed by atoms with Crippen molar-refractivity contribution in [1.29, 1.82) is 0 Å². The summed E-state index contributed by atoms with van der Waals surface area (Å²) >= 11 is 0. The van der Waals surface area contributed by atoms with Crippen LogP contribution >= 0.6 is 0 Å². The molecule has 0 aliphatic carbocycles. The van der Waals surface area contributed by atoms with Crippen molar-refractivity contribution in [3.05, 3.63) is 35.9 Å². The molecule has 1 atom stereocenters. The molecule has 2 aliphatic rings. The summed E-state index contributed by atoms with van der Waals surface area (Å²) in [6.45, 7) is 6.73. The molecule has 2 aliphatic heterocycles. The highest BCUT2D eigenvalue weighted by molar-refractivity contribution is 5.79. The summed E-state index contributed by atoms with van der Waals surface area (Å²) < 4.78 is 0. The maximum atomic E-state index is 12.5. The summed E-state index contributed by atoms with van der Waals surface area (Å²) in [5, 5.41) is 0. The molecular weight excluding hydrogens is 262 g/mol. The van der Waals surface area contributed by atoms with Crippen molar-refractivity contribution in [3.8, 4) is 0 Å². The van der Waals surface area contributed by atoms with Crippen LogP contribution in [0.5, 0.6) is 0 Å². The second kappa shape index (κ2) is 6.58. The van der Waals surface area contributed by atoms with Crippen molar-refractivity contribution in [2.45, 2.75) is 13.0 Å². The van der Waals surface area contributed by atoms with Gasteiger partial charge in [0, 0.05) is 39.3 Å². The zero-order chi connectivity index (χ0) is 14.7. The predicted octanol–water partition coefficient (Wildman–Crippen LogP) is 1.28. The van der Waals surface area contributed by atoms with E-state index in [1.807, 2.05) is 0 Å². The third-order valence-electron chi connectivity index (χ3n) is 4.67. The van der Waals surface area contributed by atoms with Gasteiger partial charge in [0.15, 0.2) is 0 Å². The molecule has 2 fully saturated rings. The van der Waals surface area contributed by atoms with E-state index in [0.29, 0.717) is 5.91 Å². The molecule has 0 radical (unpaired) electrons. The number of hydrogen-bond donors (Lipinski definition) is 0. The number of hydrogen-bond acceptors (Lipinski definition) is 3. The van der Waals surface area contributed by atoms with Gasteiger partial charge in [0.25, 0.3) is 0 Å². The maximum Gasteiger partial charge on any atom is 0.227 e. The van der Waals surface area contributed by atoms with Gasteiger partial charge in [0.05, 0.1) is 5.92 Å². The molecule has 2 saturated heterocycles. The lowest BCUT2D eigenvalue weighted by atomic mass is 10.1. The largest absolute Gasteiger partial charge is 0.340 e. The summed E-state index contributed by atoms with van der Waals surface area (Å²) in [6.07, 6.45) is 1.03. The normalized spacial score (nSPS) is 24.4. The highest BCUT2D eigenvalue weighted by atomic mass is 16.2. The Balaban J connectivity index is 1.47. The standard InChI is InChI=1S/C17H25N3O/c1-18-8-7-16(14-18)17(21)20-11-9-19(10-12-20)13-15-5-3-2-4-6-15/h2-6,16H,7-14H2,1H3. The van der Waals surface area contributed by atoms with E-state index in [-0.39, 0.29) is 5.92 Å². The predicted molar refractivity (Wildman–Crippen MR) is 83.9 cm³/mol. The second-order valence-electron chi connectivity index (χ2n) is 6.33. The van der Waals surface area contributed by atoms with Crippen LogP contribution in [0.2, 0.25) is 0 Å². The lowest BCUT2D eigenvalue weighted by Crippen LogP contribution is -2.50. The quantitative estimate of drug-likeness (QED) is 0.838. The van der Waals surface area contributed by atoms with Crippen LogP contribution in [0.1, 0.15) is 12.0 Å². The third-order valence-corrected chi connectivity index (χ3v) is 4.67. The van der Waals surface area contributed by atoms with Crippen molar-refractivity contribution in [3.63, 3.8) is 0 Å². The number of likely N-dealkylation sites (tertiary alicyclic amines) is 1. The van der Waals surface area contributed by atoms with E-state index in [1.54, 1.807) is 0 Å². The van der Waals surface area contributed by atoms with Gasteiger partial charge in [-0.15, -0.1) is 0 Å². The molecule has 3 rings (SSSR count). The highest BCUT2D eigenvalue weighted by Gasteiger charge is 2.31. The van der Waals surface area contributed by atoms with E-state index < -0.39 is 0 Å². The van der Waals surface area contributed by atoms with Gasteiger partial charge in [-0.1, -0.05) is 30.3 Å². The van der Waals surface area contributed by atoms with Crippen LogP contribution in [0.3, 0.4) is 0 Å². The van der Waals surface area contributed by atoms with Crippen LogP contribution in [0.4, 0.5) is 0 Å². The van der Waals surface area contributed by atoms with E-state index in [9.17, 15) is 4.79 Å². The molecule has 2 heterocycles. The number of carbonyl (C=O) groups excluding carboxylic acids is 1. The minimum atomic E-state index is 0.232. The van der Waals surface area contributed by atoms with Gasteiger partial charge < -0.3 is 9.80 Å². The maximum absolute atomic E-state index is 12.5. The van der Waals surface area contributed by atoms with Gasteiger partial charge in [0.2, 0.25) is 5.91 Å². The first kappa shape index (κ1) is 14.5. The second-order valence-corrected chi connectivity index (χ2v) is 6.33. The SMILES string of the molecule is CN1CCC(C(=O)N2CCN(Cc3ccccc3)CC2)C1. The molecule has 0 N–H and O–H groups in total. The average Bonchev–Trinajstić information content (AvgIpc) is 2.95. The first-order valence-electron chi connectivity index (χ1n) is 7.96. The molecule has 1 amide bonds. The lowest BCUT2D eigenvalue weighted by Gasteiger charge is -2.36. The molecule has 0 saturated carbocycles. The minimum Gasteiger partial charge on any atom is -0.340 e. The summed E-state index contributed by atoms with van der Waals surface area (Å²) in [7, 11) is 2.10. The van der Waals surface area contributed by atoms with Crippen LogP contribution in [-0.2, 0) is 11.3 Å². The number of amides is 1. The number of benzene rings is 1. The minimum absolute atomic E-state index is 0.232. The van der Waals surface area contributed by atoms with E-state index in [2.05, 4.69) is 52.1 Å². The Morgan fingerprint density at radius 2 is 1.81 bits per heavy atom. The molecule has 4 heteroatoms. The van der Waals surface area contributed by atoms with Gasteiger partial charge in [-0.2, -0.15) is 0 Å². The van der Waals surface area contributed by atoms with Crippen LogP contribution in [0.25, 0.3) is 0 Å². The van der Waals surface area contributed by atoms with Gasteiger partial charge in [-0.3, -0.25) is 9.69 Å². The molecule has 1 aromatic carbocycles. The van der Waals surface area contributed by atoms with Crippen molar-refractivity contribution >= 4 is 5.91 Å². The molecule has 21 heavy (non-hydrogen) atoms. The van der Waals surface area contributed by atoms with Gasteiger partial charge in [-0.25, -0.2) is 0 Å². The number of carbonyl (C=O) groups is 1. The highest BCUT2D eigenvalue weighted by Crippen LogP contribution is 2.18. The van der Waals surface area contributed by atoms with E-state index in [4.69, 9.17) is 0 Å². The van der Waals surface area contributed by atoms with Crippen LogP contribution in [0.15, 0.2) is 30.3 Å². The molecule has 0 bridgehead atoms. The Morgan fingerprint density at radius 1 is 1.10 bits per heavy atom. The molecule has 114 valence electrons. The third kappa shape index (κ3) is 3.63. The van der Waals surface area contributed by atoms with E-state index in [1.165, 1.54) is 5.56 Å². The lowest BCUT2D eigenvalue weighted by molar-refractivity contribution is -0.136. The van der Waals surface area contributed by atoms with Crippen molar-refractivity contribution in [2.24, 2.45) is 5.92 Å². The fourth-order valence-corrected chi connectivity index (χ4v) is 3.36. The summed E-state index contributed by atoms with van der Waals surface area (Å²) in [5.41, 5.74) is 1.36. The molecule has 0 aromatic heterocycles. The molecule has 1 unspecified atom stereocenters. The number of piperazine rings is 1. The molecule has 0 spiro atoms. The molecular formula is C17H25N3O. The van der Waals surface area contributed by atoms with E-state index >= 15 is 0 Å². The first-order chi connectivity index (χ1) is 10.2. The van der Waals surface area contributed by atoms with Crippen molar-refractivity contribution in [2.75, 3.05) is 46.3 Å². The average molecular weight is 287 g/mol. The van der Waals surface area contributed by atoms with Crippen LogP contribution < -0.4 is 0 Å². The van der Waals surface area contributed by atoms with Crippen molar-refractivity contribution < 1.29 is 4.79 Å². The Kier molecular flexibility index (Phi) is 4.56.